The zero-order chi connectivity index (χ0) is 6.95. The second-order valence-corrected chi connectivity index (χ2v) is 0.952. The number of isocyanates is 1. The van der Waals surface area contributed by atoms with Crippen LogP contribution in [0.5, 0.6) is 0 Å². The molecule has 0 aromatic rings. The molecule has 4 nitrogen and oxygen atoms in total. The van der Waals surface area contributed by atoms with Crippen LogP contribution in [0.3, 0.4) is 0 Å². The molecule has 1 N–H and O–H groups in total. The highest BCUT2D eigenvalue weighted by molar-refractivity contribution is 5.26. The molecule has 0 amide bonds. The predicted octanol–water partition coefficient (Wildman–Crippen LogP) is 0.877. The third-order valence-corrected chi connectivity index (χ3v) is 0.435. The van der Waals surface area contributed by atoms with Crippen LogP contribution in [-0.2, 0) is 14.6 Å². The zero-order valence-electron chi connectivity index (χ0n) is 4.53. The Morgan fingerprint density at radius 3 is 1.67 bits per heavy atom. The molecule has 9 heavy (non-hydrogen) atoms. The first-order valence-corrected chi connectivity index (χ1v) is 2.09. The van der Waals surface area contributed by atoms with Crippen molar-refractivity contribution < 1.29 is 14.6 Å². The van der Waals surface area contributed by atoms with E-state index in [1.165, 1.54) is 12.5 Å². The second kappa shape index (κ2) is 6.46. The van der Waals surface area contributed by atoms with Crippen LogP contribution in [0.15, 0.2) is 24.7 Å². The summed E-state index contributed by atoms with van der Waals surface area (Å²) in [4.78, 5) is 17.0. The Labute approximate surface area is 51.8 Å². The van der Waals surface area contributed by atoms with Crippen LogP contribution in [0.2, 0.25) is 0 Å². The van der Waals surface area contributed by atoms with Gasteiger partial charge in [-0.2, -0.15) is 0 Å². The summed E-state index contributed by atoms with van der Waals surface area (Å²) in [5, 5.41) is 5.40. The van der Waals surface area contributed by atoms with Gasteiger partial charge in [-0.05, 0) is 12.2 Å². The van der Waals surface area contributed by atoms with Crippen LogP contribution < -0.4 is 0 Å². The molecule has 1 aliphatic heterocycles. The minimum atomic E-state index is 0.750. The van der Waals surface area contributed by atoms with E-state index in [0.29, 0.717) is 0 Å². The normalized spacial score (nSPS) is 11.6. The van der Waals surface area contributed by atoms with Gasteiger partial charge in [0.1, 0.15) is 12.5 Å². The lowest BCUT2D eigenvalue weighted by molar-refractivity contribution is -0.198. The average Bonchev–Trinajstić information content (AvgIpc) is 1.93. The molecule has 0 bridgehead atoms. The minimum Gasteiger partial charge on any atom is -0.299 e. The fourth-order valence-electron chi connectivity index (χ4n) is 0.219. The van der Waals surface area contributed by atoms with E-state index in [-0.39, 0.29) is 0 Å². The highest BCUT2D eigenvalue weighted by Gasteiger charge is 1.75. The zero-order valence-corrected chi connectivity index (χ0v) is 4.53. The van der Waals surface area contributed by atoms with Gasteiger partial charge in [-0.25, -0.2) is 10.2 Å². The minimum absolute atomic E-state index is 0.750. The third-order valence-electron chi connectivity index (χ3n) is 0.435. The van der Waals surface area contributed by atoms with Gasteiger partial charge in [0.05, 0.1) is 0 Å². The molecule has 0 aromatic carbocycles. The van der Waals surface area contributed by atoms with Crippen molar-refractivity contribution in [1.82, 2.24) is 0 Å². The first-order chi connectivity index (χ1) is 4.41. The summed E-state index contributed by atoms with van der Waals surface area (Å²) < 4.78 is 0. The predicted molar refractivity (Wildman–Crippen MR) is 28.9 cm³/mol. The highest BCUT2D eigenvalue weighted by atomic mass is 17.2. The van der Waals surface area contributed by atoms with Crippen molar-refractivity contribution in [2.75, 3.05) is 0 Å². The van der Waals surface area contributed by atoms with Crippen LogP contribution in [0, 0.1) is 5.41 Å². The topological polar surface area (TPSA) is 59.4 Å². The number of hydrogen-bond donors (Lipinski definition) is 1. The lowest BCUT2D eigenvalue weighted by Crippen LogP contribution is -1.78. The molecule has 1 rings (SSSR count). The number of rotatable bonds is 0. The number of nitrogens with one attached hydrogen (secondary N) is 1. The summed E-state index contributed by atoms with van der Waals surface area (Å²) in [6.45, 7) is 0. The first-order valence-electron chi connectivity index (χ1n) is 2.09. The average molecular weight is 127 g/mol. The van der Waals surface area contributed by atoms with Gasteiger partial charge in [-0.1, -0.05) is 0 Å². The number of hydrogen-bond acceptors (Lipinski definition) is 4. The number of carbonyl (C=O) groups excluding carboxylic acids is 1. The summed E-state index contributed by atoms with van der Waals surface area (Å²) in [6.07, 6.45) is 7.15. The quantitative estimate of drug-likeness (QED) is 0.298. The Morgan fingerprint density at radius 1 is 1.22 bits per heavy atom. The van der Waals surface area contributed by atoms with Gasteiger partial charge in [-0.3, -0.25) is 9.78 Å². The van der Waals surface area contributed by atoms with Gasteiger partial charge < -0.3 is 0 Å². The van der Waals surface area contributed by atoms with E-state index >= 15 is 0 Å². The lowest BCUT2D eigenvalue weighted by Gasteiger charge is -1.94. The van der Waals surface area contributed by atoms with Crippen LogP contribution in [0.1, 0.15) is 0 Å². The van der Waals surface area contributed by atoms with Crippen LogP contribution in [0.4, 0.5) is 0 Å². The Balaban J connectivity index is 0.000000187. The second-order valence-electron chi connectivity index (χ2n) is 0.952. The van der Waals surface area contributed by atoms with Crippen molar-refractivity contribution in [1.29, 1.82) is 5.41 Å². The van der Waals surface area contributed by atoms with Crippen LogP contribution in [0.25, 0.3) is 0 Å². The van der Waals surface area contributed by atoms with Crippen molar-refractivity contribution in [3.8, 4) is 0 Å². The molecular formula is C5H5NO3. The molecule has 0 aromatic heterocycles. The monoisotopic (exact) mass is 127 g/mol. The van der Waals surface area contributed by atoms with Gasteiger partial charge in [0.25, 0.3) is 0 Å². The Hall–Kier alpha value is -1.54. The Bertz CT molecular complexity index is 132. The van der Waals surface area contributed by atoms with Crippen molar-refractivity contribution in [2.45, 2.75) is 0 Å². The molecule has 0 spiro atoms. The van der Waals surface area contributed by atoms with E-state index in [1.807, 2.05) is 0 Å². The summed E-state index contributed by atoms with van der Waals surface area (Å²) in [6, 6.07) is 0. The highest BCUT2D eigenvalue weighted by Crippen LogP contribution is 1.89. The Morgan fingerprint density at radius 2 is 1.56 bits per heavy atom. The standard InChI is InChI=1S/C4H4O2.CHNO/c1-2-4-6-5-3-1;2-1-3/h1-4H;2H. The molecule has 48 valence electrons. The van der Waals surface area contributed by atoms with Gasteiger partial charge in [0, 0.05) is 0 Å². The van der Waals surface area contributed by atoms with Crippen LogP contribution >= 0.6 is 0 Å². The maximum atomic E-state index is 8.35. The van der Waals surface area contributed by atoms with Crippen molar-refractivity contribution in [3.05, 3.63) is 24.7 Å². The summed E-state index contributed by atoms with van der Waals surface area (Å²) in [7, 11) is 0. The molecule has 4 heteroatoms. The van der Waals surface area contributed by atoms with Gasteiger partial charge in [0.15, 0.2) is 0 Å². The van der Waals surface area contributed by atoms with Crippen molar-refractivity contribution >= 4 is 6.08 Å². The lowest BCUT2D eigenvalue weighted by atomic mass is 10.6. The van der Waals surface area contributed by atoms with E-state index in [1.54, 1.807) is 12.2 Å². The molecule has 1 heterocycles. The molecule has 0 radical (unpaired) electrons. The third kappa shape index (κ3) is 6.46. The number of allylic oxidation sites excluding steroid dienone is 2. The SMILES string of the molecule is C1=COOC=C1.N=C=O. The van der Waals surface area contributed by atoms with E-state index in [0.717, 1.165) is 6.08 Å². The van der Waals surface area contributed by atoms with Crippen molar-refractivity contribution in [3.63, 3.8) is 0 Å². The van der Waals surface area contributed by atoms with Gasteiger partial charge in [0.2, 0.25) is 6.08 Å². The molecular weight excluding hydrogens is 122 g/mol. The van der Waals surface area contributed by atoms with E-state index in [2.05, 4.69) is 9.78 Å². The summed E-state index contributed by atoms with van der Waals surface area (Å²) in [5.41, 5.74) is 0. The maximum absolute atomic E-state index is 8.35. The molecule has 0 unspecified atom stereocenters. The van der Waals surface area contributed by atoms with E-state index in [9.17, 15) is 0 Å². The van der Waals surface area contributed by atoms with Crippen molar-refractivity contribution in [2.24, 2.45) is 0 Å². The molecule has 0 saturated heterocycles. The maximum Gasteiger partial charge on any atom is 0.231 e. The van der Waals surface area contributed by atoms with Gasteiger partial charge >= 0.3 is 0 Å². The molecule has 0 aliphatic carbocycles. The smallest absolute Gasteiger partial charge is 0.231 e. The van der Waals surface area contributed by atoms with Crippen LogP contribution in [-0.4, -0.2) is 6.08 Å². The molecule has 0 saturated carbocycles. The largest absolute Gasteiger partial charge is 0.299 e. The van der Waals surface area contributed by atoms with E-state index < -0.39 is 0 Å². The van der Waals surface area contributed by atoms with Gasteiger partial charge in [-0.15, -0.1) is 0 Å². The molecule has 1 aliphatic rings. The summed E-state index contributed by atoms with van der Waals surface area (Å²) >= 11 is 0. The van der Waals surface area contributed by atoms with E-state index in [4.69, 9.17) is 10.2 Å². The Kier molecular flexibility index (Phi) is 5.35. The molecule has 0 atom stereocenters. The fraction of sp³-hybridized carbons (Fsp3) is 0. The molecule has 0 fully saturated rings. The summed E-state index contributed by atoms with van der Waals surface area (Å²) in [5.74, 6) is 0. The fourth-order valence-corrected chi connectivity index (χ4v) is 0.219. The first kappa shape index (κ1) is 7.46.